The molecule has 1 amide bonds. The van der Waals surface area contributed by atoms with Gasteiger partial charge in [0, 0.05) is 12.1 Å². The molecule has 0 aliphatic rings. The number of carbonyl (C=O) groups excluding carboxylic acids is 1. The van der Waals surface area contributed by atoms with Crippen LogP contribution in [0.5, 0.6) is 0 Å². The van der Waals surface area contributed by atoms with Crippen molar-refractivity contribution in [2.45, 2.75) is 6.42 Å². The number of hydrazone groups is 1. The van der Waals surface area contributed by atoms with Crippen molar-refractivity contribution in [1.82, 2.24) is 5.32 Å². The quantitative estimate of drug-likeness (QED) is 0.409. The van der Waals surface area contributed by atoms with Gasteiger partial charge in [0.05, 0.1) is 12.1 Å². The van der Waals surface area contributed by atoms with Gasteiger partial charge in [-0.1, -0.05) is 42.5 Å². The van der Waals surface area contributed by atoms with Gasteiger partial charge in [0.15, 0.2) is 0 Å². The molecule has 6 heteroatoms. The van der Waals surface area contributed by atoms with Crippen molar-refractivity contribution in [3.05, 3.63) is 71.3 Å². The summed E-state index contributed by atoms with van der Waals surface area (Å²) in [6.45, 7) is 0.0538. The number of amides is 1. The molecule has 0 bridgehead atoms. The van der Waals surface area contributed by atoms with E-state index in [0.29, 0.717) is 17.5 Å². The number of hydrogen-bond donors (Lipinski definition) is 3. The van der Waals surface area contributed by atoms with Crippen LogP contribution >= 0.6 is 0 Å². The number of nitrogens with two attached hydrogens (primary N) is 1. The van der Waals surface area contributed by atoms with Crippen LogP contribution in [0.1, 0.15) is 21.5 Å². The lowest BCUT2D eigenvalue weighted by atomic mass is 9.99. The molecule has 0 saturated heterocycles. The molecule has 2 aromatic rings. The second kappa shape index (κ2) is 8.47. The highest BCUT2D eigenvalue weighted by molar-refractivity contribution is 5.96. The Hall–Kier alpha value is -3.15. The zero-order chi connectivity index (χ0) is 17.4. The number of benzene rings is 2. The Labute approximate surface area is 140 Å². The molecule has 1 unspecified atom stereocenters. The SMILES string of the molecule is NN=Cc1cccc(C(=O)NCC(Cc2ccccc2)C(=O)O)c1. The third-order valence-corrected chi connectivity index (χ3v) is 3.56. The standard InChI is InChI=1S/C18H19N3O3/c19-21-11-14-7-4-8-15(10-14)17(22)20-12-16(18(23)24)9-13-5-2-1-3-6-13/h1-8,10-11,16H,9,12,19H2,(H,20,22)(H,23,24). The molecule has 0 heterocycles. The lowest BCUT2D eigenvalue weighted by Crippen LogP contribution is -2.34. The number of hydrogen-bond acceptors (Lipinski definition) is 4. The second-order valence-electron chi connectivity index (χ2n) is 5.34. The number of rotatable bonds is 7. The Morgan fingerprint density at radius 3 is 2.58 bits per heavy atom. The summed E-state index contributed by atoms with van der Waals surface area (Å²) in [5, 5.41) is 15.4. The molecule has 124 valence electrons. The summed E-state index contributed by atoms with van der Waals surface area (Å²) in [5.41, 5.74) is 2.04. The molecule has 6 nitrogen and oxygen atoms in total. The Balaban J connectivity index is 2.00. The average Bonchev–Trinajstić information content (AvgIpc) is 2.59. The fourth-order valence-corrected chi connectivity index (χ4v) is 2.31. The van der Waals surface area contributed by atoms with Gasteiger partial charge >= 0.3 is 5.97 Å². The van der Waals surface area contributed by atoms with E-state index in [1.54, 1.807) is 24.3 Å². The third-order valence-electron chi connectivity index (χ3n) is 3.56. The van der Waals surface area contributed by atoms with Crippen molar-refractivity contribution < 1.29 is 14.7 Å². The van der Waals surface area contributed by atoms with Gasteiger partial charge in [-0.25, -0.2) is 0 Å². The number of nitrogens with zero attached hydrogens (tertiary/aromatic N) is 1. The fraction of sp³-hybridized carbons (Fsp3) is 0.167. The Bertz CT molecular complexity index is 729. The highest BCUT2D eigenvalue weighted by Crippen LogP contribution is 2.09. The lowest BCUT2D eigenvalue weighted by molar-refractivity contribution is -0.141. The van der Waals surface area contributed by atoms with Gasteiger partial charge in [-0.05, 0) is 29.7 Å². The largest absolute Gasteiger partial charge is 0.481 e. The zero-order valence-electron chi connectivity index (χ0n) is 13.1. The number of carboxylic acid groups (broad SMARTS) is 1. The molecule has 0 fully saturated rings. The van der Waals surface area contributed by atoms with Gasteiger partial charge in [-0.2, -0.15) is 5.10 Å². The molecule has 24 heavy (non-hydrogen) atoms. The van der Waals surface area contributed by atoms with Crippen LogP contribution in [0, 0.1) is 5.92 Å². The molecule has 0 radical (unpaired) electrons. The number of nitrogens with one attached hydrogen (secondary N) is 1. The van der Waals surface area contributed by atoms with E-state index in [9.17, 15) is 14.7 Å². The highest BCUT2D eigenvalue weighted by Gasteiger charge is 2.19. The molecular weight excluding hydrogens is 306 g/mol. The maximum absolute atomic E-state index is 12.2. The summed E-state index contributed by atoms with van der Waals surface area (Å²) >= 11 is 0. The van der Waals surface area contributed by atoms with Gasteiger partial charge in [-0.3, -0.25) is 9.59 Å². The molecule has 0 spiro atoms. The van der Waals surface area contributed by atoms with E-state index < -0.39 is 11.9 Å². The summed E-state index contributed by atoms with van der Waals surface area (Å²) in [7, 11) is 0. The minimum atomic E-state index is -0.942. The Morgan fingerprint density at radius 1 is 1.17 bits per heavy atom. The normalized spacial score (nSPS) is 12.0. The monoisotopic (exact) mass is 325 g/mol. The van der Waals surface area contributed by atoms with Crippen LogP contribution in [0.2, 0.25) is 0 Å². The third kappa shape index (κ3) is 4.95. The first-order chi connectivity index (χ1) is 11.6. The topological polar surface area (TPSA) is 105 Å². The maximum Gasteiger partial charge on any atom is 0.308 e. The van der Waals surface area contributed by atoms with Crippen LogP contribution in [0.25, 0.3) is 0 Å². The Morgan fingerprint density at radius 2 is 1.92 bits per heavy atom. The summed E-state index contributed by atoms with van der Waals surface area (Å²) in [6.07, 6.45) is 1.79. The number of aliphatic carboxylic acids is 1. The molecule has 4 N–H and O–H groups in total. The first-order valence-corrected chi connectivity index (χ1v) is 7.48. The van der Waals surface area contributed by atoms with E-state index in [-0.39, 0.29) is 12.5 Å². The number of carbonyl (C=O) groups is 2. The van der Waals surface area contributed by atoms with Crippen LogP contribution in [0.4, 0.5) is 0 Å². The van der Waals surface area contributed by atoms with Crippen LogP contribution in [0.3, 0.4) is 0 Å². The van der Waals surface area contributed by atoms with Gasteiger partial charge in [0.2, 0.25) is 0 Å². The predicted molar refractivity (Wildman–Crippen MR) is 91.8 cm³/mol. The van der Waals surface area contributed by atoms with Crippen molar-refractivity contribution in [1.29, 1.82) is 0 Å². The summed E-state index contributed by atoms with van der Waals surface area (Å²) in [4.78, 5) is 23.6. The minimum Gasteiger partial charge on any atom is -0.481 e. The van der Waals surface area contributed by atoms with Crippen molar-refractivity contribution in [3.63, 3.8) is 0 Å². The predicted octanol–water partition coefficient (Wildman–Crippen LogP) is 1.65. The zero-order valence-corrected chi connectivity index (χ0v) is 13.1. The van der Waals surface area contributed by atoms with Crippen molar-refractivity contribution in [2.24, 2.45) is 16.9 Å². The molecule has 2 rings (SSSR count). The van der Waals surface area contributed by atoms with E-state index >= 15 is 0 Å². The minimum absolute atomic E-state index is 0.0538. The van der Waals surface area contributed by atoms with Crippen LogP contribution in [0.15, 0.2) is 59.7 Å². The first kappa shape index (κ1) is 17.2. The molecule has 0 aromatic heterocycles. The molecule has 2 aromatic carbocycles. The van der Waals surface area contributed by atoms with Crippen molar-refractivity contribution in [2.75, 3.05) is 6.54 Å². The van der Waals surface area contributed by atoms with E-state index in [4.69, 9.17) is 5.84 Å². The van der Waals surface area contributed by atoms with Gasteiger partial charge in [0.1, 0.15) is 0 Å². The van der Waals surface area contributed by atoms with Crippen LogP contribution in [-0.2, 0) is 11.2 Å². The van der Waals surface area contributed by atoms with E-state index in [2.05, 4.69) is 10.4 Å². The molecule has 0 saturated carbocycles. The summed E-state index contributed by atoms with van der Waals surface area (Å²) in [5.74, 6) is 3.13. The van der Waals surface area contributed by atoms with Gasteiger partial charge in [-0.15, -0.1) is 0 Å². The van der Waals surface area contributed by atoms with Crippen molar-refractivity contribution in [3.8, 4) is 0 Å². The number of carboxylic acids is 1. The highest BCUT2D eigenvalue weighted by atomic mass is 16.4. The molecule has 0 aliphatic carbocycles. The summed E-state index contributed by atoms with van der Waals surface area (Å²) < 4.78 is 0. The van der Waals surface area contributed by atoms with E-state index in [1.807, 2.05) is 30.3 Å². The summed E-state index contributed by atoms with van der Waals surface area (Å²) in [6, 6.07) is 16.1. The fourth-order valence-electron chi connectivity index (χ4n) is 2.31. The maximum atomic E-state index is 12.2. The Kier molecular flexibility index (Phi) is 6.08. The molecule has 1 atom stereocenters. The van der Waals surface area contributed by atoms with Crippen molar-refractivity contribution >= 4 is 18.1 Å². The second-order valence-corrected chi connectivity index (χ2v) is 5.34. The van der Waals surface area contributed by atoms with Gasteiger partial charge in [0.25, 0.3) is 5.91 Å². The first-order valence-electron chi connectivity index (χ1n) is 7.48. The van der Waals surface area contributed by atoms with Crippen LogP contribution in [-0.4, -0.2) is 29.7 Å². The lowest BCUT2D eigenvalue weighted by Gasteiger charge is -2.13. The molecular formula is C18H19N3O3. The van der Waals surface area contributed by atoms with E-state index in [0.717, 1.165) is 5.56 Å². The average molecular weight is 325 g/mol. The van der Waals surface area contributed by atoms with Gasteiger partial charge < -0.3 is 16.3 Å². The van der Waals surface area contributed by atoms with E-state index in [1.165, 1.54) is 6.21 Å². The molecule has 0 aliphatic heterocycles. The smallest absolute Gasteiger partial charge is 0.308 e. The van der Waals surface area contributed by atoms with Crippen LogP contribution < -0.4 is 11.2 Å².